The van der Waals surface area contributed by atoms with Crippen LogP contribution in [0.5, 0.6) is 5.75 Å². The molecule has 2 bridgehead atoms. The largest absolute Gasteiger partial charge is 0.435 e. The lowest BCUT2D eigenvalue weighted by atomic mass is 9.84. The van der Waals surface area contributed by atoms with Crippen LogP contribution < -0.4 is 4.74 Å². The molecule has 142 valence electrons. The number of hydrogen-bond acceptors (Lipinski definition) is 3. The van der Waals surface area contributed by atoms with E-state index in [9.17, 15) is 13.6 Å². The summed E-state index contributed by atoms with van der Waals surface area (Å²) in [4.78, 5) is 15.5. The summed E-state index contributed by atoms with van der Waals surface area (Å²) in [6, 6.07) is 17.4. The van der Waals surface area contributed by atoms with Gasteiger partial charge in [0.25, 0.3) is 0 Å². The third-order valence-corrected chi connectivity index (χ3v) is 5.81. The fourth-order valence-electron chi connectivity index (χ4n) is 4.60. The Morgan fingerprint density at radius 1 is 1.04 bits per heavy atom. The van der Waals surface area contributed by atoms with Gasteiger partial charge in [-0.25, -0.2) is 0 Å². The quantitative estimate of drug-likeness (QED) is 0.676. The highest BCUT2D eigenvalue weighted by atomic mass is 19.3. The average Bonchev–Trinajstić information content (AvgIpc) is 2.89. The smallest absolute Gasteiger partial charge is 0.387 e. The van der Waals surface area contributed by atoms with E-state index in [4.69, 9.17) is 0 Å². The van der Waals surface area contributed by atoms with Crippen LogP contribution in [-0.4, -0.2) is 29.4 Å². The van der Waals surface area contributed by atoms with Gasteiger partial charge >= 0.3 is 6.61 Å². The minimum absolute atomic E-state index is 0.0420. The van der Waals surface area contributed by atoms with E-state index in [1.54, 1.807) is 12.1 Å². The first-order valence-corrected chi connectivity index (χ1v) is 9.49. The number of alkyl halides is 2. The molecule has 2 aliphatic rings. The Bertz CT molecular complexity index is 782. The highest BCUT2D eigenvalue weighted by molar-refractivity contribution is 5.98. The van der Waals surface area contributed by atoms with Gasteiger partial charge in [0.1, 0.15) is 5.75 Å². The molecule has 2 aromatic rings. The van der Waals surface area contributed by atoms with Crippen LogP contribution >= 0.6 is 0 Å². The van der Waals surface area contributed by atoms with Gasteiger partial charge in [-0.05, 0) is 43.4 Å². The van der Waals surface area contributed by atoms with E-state index in [0.717, 1.165) is 32.2 Å². The molecule has 5 heteroatoms. The Kier molecular flexibility index (Phi) is 5.21. The Balaban J connectivity index is 1.44. The first-order chi connectivity index (χ1) is 13.1. The summed E-state index contributed by atoms with van der Waals surface area (Å²) >= 11 is 0. The van der Waals surface area contributed by atoms with Crippen LogP contribution in [0, 0.1) is 5.92 Å². The second kappa shape index (κ2) is 7.77. The molecule has 27 heavy (non-hydrogen) atoms. The van der Waals surface area contributed by atoms with Crippen LogP contribution in [0.2, 0.25) is 0 Å². The maximum absolute atomic E-state index is 13.0. The Morgan fingerprint density at radius 2 is 1.74 bits per heavy atom. The molecule has 2 aliphatic heterocycles. The molecule has 4 rings (SSSR count). The number of carbonyl (C=O) groups excluding carboxylic acids is 1. The van der Waals surface area contributed by atoms with E-state index in [1.165, 1.54) is 17.7 Å². The monoisotopic (exact) mass is 371 g/mol. The molecular formula is C22H23F2NO2. The summed E-state index contributed by atoms with van der Waals surface area (Å²) in [5, 5.41) is 0. The van der Waals surface area contributed by atoms with Gasteiger partial charge in [0.15, 0.2) is 5.78 Å². The zero-order valence-electron chi connectivity index (χ0n) is 15.1. The number of ether oxygens (including phenoxy) is 1. The van der Waals surface area contributed by atoms with Crippen molar-refractivity contribution in [1.29, 1.82) is 0 Å². The van der Waals surface area contributed by atoms with Gasteiger partial charge in [-0.1, -0.05) is 42.5 Å². The van der Waals surface area contributed by atoms with Crippen molar-refractivity contribution in [1.82, 2.24) is 4.90 Å². The first-order valence-electron chi connectivity index (χ1n) is 9.49. The predicted molar refractivity (Wildman–Crippen MR) is 98.9 cm³/mol. The normalized spacial score (nSPS) is 24.9. The van der Waals surface area contributed by atoms with Crippen molar-refractivity contribution in [3.05, 3.63) is 65.7 Å². The summed E-state index contributed by atoms with van der Waals surface area (Å²) in [5.74, 6) is 0.0441. The molecule has 0 radical (unpaired) electrons. The van der Waals surface area contributed by atoms with Crippen molar-refractivity contribution in [2.24, 2.45) is 5.92 Å². The molecular weight excluding hydrogens is 348 g/mol. The Labute approximate surface area is 157 Å². The summed E-state index contributed by atoms with van der Waals surface area (Å²) in [5.41, 5.74) is 1.77. The number of carbonyl (C=O) groups is 1. The standard InChI is InChI=1S/C22H23F2NO2/c23-22(24)27-20-8-4-7-16(13-20)21(26)17-11-18-9-10-19(12-17)25(18)14-15-5-2-1-3-6-15/h1-8,13,17-19,22H,9-12,14H2. The van der Waals surface area contributed by atoms with E-state index in [1.807, 2.05) is 6.07 Å². The van der Waals surface area contributed by atoms with E-state index < -0.39 is 6.61 Å². The third kappa shape index (κ3) is 4.03. The van der Waals surface area contributed by atoms with E-state index in [-0.39, 0.29) is 17.5 Å². The molecule has 0 aliphatic carbocycles. The van der Waals surface area contributed by atoms with Gasteiger partial charge in [0, 0.05) is 30.1 Å². The molecule has 0 aromatic heterocycles. The van der Waals surface area contributed by atoms with Crippen molar-refractivity contribution >= 4 is 5.78 Å². The number of halogens is 2. The molecule has 2 saturated heterocycles. The molecule has 3 nitrogen and oxygen atoms in total. The lowest BCUT2D eigenvalue weighted by molar-refractivity contribution is -0.0498. The summed E-state index contributed by atoms with van der Waals surface area (Å²) in [6.45, 7) is -1.96. The van der Waals surface area contributed by atoms with Gasteiger partial charge < -0.3 is 4.74 Å². The summed E-state index contributed by atoms with van der Waals surface area (Å²) < 4.78 is 29.3. The molecule has 0 N–H and O–H groups in total. The number of fused-ring (bicyclic) bond motifs is 2. The van der Waals surface area contributed by atoms with Crippen molar-refractivity contribution in [3.63, 3.8) is 0 Å². The van der Waals surface area contributed by atoms with Crippen molar-refractivity contribution < 1.29 is 18.3 Å². The van der Waals surface area contributed by atoms with Gasteiger partial charge in [-0.2, -0.15) is 8.78 Å². The maximum Gasteiger partial charge on any atom is 0.387 e. The molecule has 2 fully saturated rings. The molecule has 0 amide bonds. The number of benzene rings is 2. The molecule has 2 unspecified atom stereocenters. The van der Waals surface area contributed by atoms with Crippen molar-refractivity contribution in [3.8, 4) is 5.75 Å². The summed E-state index contributed by atoms with van der Waals surface area (Å²) in [7, 11) is 0. The number of nitrogens with zero attached hydrogens (tertiary/aromatic N) is 1. The van der Waals surface area contributed by atoms with Crippen LogP contribution in [0.1, 0.15) is 41.6 Å². The van der Waals surface area contributed by atoms with Gasteiger partial charge in [-0.15, -0.1) is 0 Å². The molecule has 2 aromatic carbocycles. The second-order valence-corrected chi connectivity index (χ2v) is 7.48. The van der Waals surface area contributed by atoms with Gasteiger partial charge in [-0.3, -0.25) is 9.69 Å². The number of piperidine rings is 1. The van der Waals surface area contributed by atoms with Crippen LogP contribution in [0.4, 0.5) is 8.78 Å². The fraction of sp³-hybridized carbons (Fsp3) is 0.409. The lowest BCUT2D eigenvalue weighted by Crippen LogP contribution is -2.44. The van der Waals surface area contributed by atoms with Crippen molar-refractivity contribution in [2.75, 3.05) is 0 Å². The SMILES string of the molecule is O=C(c1cccc(OC(F)F)c1)C1CC2CCC(C1)N2Cc1ccccc1. The molecule has 0 saturated carbocycles. The van der Waals surface area contributed by atoms with E-state index >= 15 is 0 Å². The predicted octanol–water partition coefficient (Wildman–Crippen LogP) is 4.91. The first kappa shape index (κ1) is 18.1. The lowest BCUT2D eigenvalue weighted by Gasteiger charge is -2.38. The Hall–Kier alpha value is -2.27. The minimum atomic E-state index is -2.88. The minimum Gasteiger partial charge on any atom is -0.435 e. The summed E-state index contributed by atoms with van der Waals surface area (Å²) in [6.07, 6.45) is 3.91. The molecule has 0 spiro atoms. The highest BCUT2D eigenvalue weighted by Gasteiger charge is 2.42. The molecule has 2 atom stereocenters. The fourth-order valence-corrected chi connectivity index (χ4v) is 4.60. The zero-order valence-corrected chi connectivity index (χ0v) is 15.1. The van der Waals surface area contributed by atoms with Gasteiger partial charge in [0.05, 0.1) is 0 Å². The van der Waals surface area contributed by atoms with E-state index in [2.05, 4.69) is 33.9 Å². The van der Waals surface area contributed by atoms with Gasteiger partial charge in [0.2, 0.25) is 0 Å². The number of hydrogen-bond donors (Lipinski definition) is 0. The van der Waals surface area contributed by atoms with Crippen LogP contribution in [0.15, 0.2) is 54.6 Å². The highest BCUT2D eigenvalue weighted by Crippen LogP contribution is 2.40. The maximum atomic E-state index is 13.0. The molecule has 2 heterocycles. The van der Waals surface area contributed by atoms with Crippen LogP contribution in [0.3, 0.4) is 0 Å². The number of rotatable bonds is 6. The number of ketones is 1. The third-order valence-electron chi connectivity index (χ3n) is 5.81. The Morgan fingerprint density at radius 3 is 2.41 bits per heavy atom. The topological polar surface area (TPSA) is 29.5 Å². The number of Topliss-reactive ketones (excluding diaryl/α,β-unsaturated/α-hetero) is 1. The van der Waals surface area contributed by atoms with Crippen molar-refractivity contribution in [2.45, 2.75) is 50.9 Å². The zero-order chi connectivity index (χ0) is 18.8. The van der Waals surface area contributed by atoms with Crippen LogP contribution in [-0.2, 0) is 6.54 Å². The second-order valence-electron chi connectivity index (χ2n) is 7.48. The van der Waals surface area contributed by atoms with E-state index in [0.29, 0.717) is 17.6 Å². The average molecular weight is 371 g/mol. The van der Waals surface area contributed by atoms with Crippen LogP contribution in [0.25, 0.3) is 0 Å².